The minimum Gasteiger partial charge on any atom is -0.479 e. The van der Waals surface area contributed by atoms with E-state index in [0.717, 1.165) is 12.1 Å². The lowest BCUT2D eigenvalue weighted by Crippen LogP contribution is -2.04. The van der Waals surface area contributed by atoms with E-state index >= 15 is 0 Å². The number of benzene rings is 1. The van der Waals surface area contributed by atoms with E-state index in [4.69, 9.17) is 16.3 Å². The molecule has 0 aliphatic carbocycles. The third kappa shape index (κ3) is 2.92. The van der Waals surface area contributed by atoms with Crippen LogP contribution in [0.1, 0.15) is 11.4 Å². The van der Waals surface area contributed by atoms with Crippen LogP contribution in [0.2, 0.25) is 0 Å². The average Bonchev–Trinajstić information content (AvgIpc) is 2.38. The zero-order valence-corrected chi connectivity index (χ0v) is 9.99. The Morgan fingerprint density at radius 1 is 1.11 bits per heavy atom. The van der Waals surface area contributed by atoms with Gasteiger partial charge in [-0.25, -0.2) is 18.7 Å². The first-order valence-electron chi connectivity index (χ1n) is 5.13. The van der Waals surface area contributed by atoms with Crippen LogP contribution < -0.4 is 4.74 Å². The second kappa shape index (κ2) is 5.73. The quantitative estimate of drug-likeness (QED) is 0.801. The predicted molar refractivity (Wildman–Crippen MR) is 62.3 cm³/mol. The van der Waals surface area contributed by atoms with Gasteiger partial charge in [0.15, 0.2) is 23.2 Å². The van der Waals surface area contributed by atoms with Crippen LogP contribution >= 0.6 is 11.6 Å². The van der Waals surface area contributed by atoms with E-state index in [9.17, 15) is 8.78 Å². The Morgan fingerprint density at radius 2 is 1.72 bits per heavy atom. The van der Waals surface area contributed by atoms with Crippen molar-refractivity contribution in [3.8, 4) is 5.75 Å². The molecule has 2 rings (SSSR count). The van der Waals surface area contributed by atoms with Gasteiger partial charge in [-0.2, -0.15) is 0 Å². The summed E-state index contributed by atoms with van der Waals surface area (Å²) in [6, 6.07) is 3.91. The number of alkyl halides is 1. The van der Waals surface area contributed by atoms with Gasteiger partial charge in [-0.3, -0.25) is 0 Å². The molecule has 3 nitrogen and oxygen atoms in total. The number of aromatic nitrogens is 2. The van der Waals surface area contributed by atoms with Gasteiger partial charge in [-0.05, 0) is 23.8 Å². The Bertz CT molecular complexity index is 514. The zero-order valence-electron chi connectivity index (χ0n) is 9.24. The third-order valence-electron chi connectivity index (χ3n) is 2.18. The van der Waals surface area contributed by atoms with Gasteiger partial charge in [-0.1, -0.05) is 0 Å². The van der Waals surface area contributed by atoms with E-state index in [1.165, 1.54) is 12.4 Å². The number of ether oxygens (including phenoxy) is 1. The molecule has 0 saturated heterocycles. The number of hydrogen-bond acceptors (Lipinski definition) is 3. The average molecular weight is 271 g/mol. The van der Waals surface area contributed by atoms with Gasteiger partial charge < -0.3 is 4.74 Å². The lowest BCUT2D eigenvalue weighted by atomic mass is 10.2. The molecule has 0 aliphatic rings. The summed E-state index contributed by atoms with van der Waals surface area (Å²) in [5.41, 5.74) is 0.356. The summed E-state index contributed by atoms with van der Waals surface area (Å²) in [6.45, 7) is -0.102. The van der Waals surface area contributed by atoms with Crippen LogP contribution in [0.5, 0.6) is 5.75 Å². The molecule has 0 saturated carbocycles. The minimum absolute atomic E-state index is 0.0376. The fourth-order valence-electron chi connectivity index (χ4n) is 1.37. The lowest BCUT2D eigenvalue weighted by molar-refractivity contribution is 0.265. The standard InChI is InChI=1S/C12H9ClF2N2O/c13-6-8-4-9(14)12(10(15)5-8)18-7-11-16-2-1-3-17-11/h1-5H,6-7H2. The van der Waals surface area contributed by atoms with E-state index in [1.54, 1.807) is 6.07 Å². The highest BCUT2D eigenvalue weighted by Crippen LogP contribution is 2.24. The van der Waals surface area contributed by atoms with E-state index in [0.29, 0.717) is 11.4 Å². The van der Waals surface area contributed by atoms with Crippen LogP contribution in [-0.2, 0) is 12.5 Å². The summed E-state index contributed by atoms with van der Waals surface area (Å²) in [7, 11) is 0. The lowest BCUT2D eigenvalue weighted by Gasteiger charge is -2.08. The van der Waals surface area contributed by atoms with Crippen molar-refractivity contribution in [1.82, 2.24) is 9.97 Å². The molecule has 0 atom stereocenters. The molecule has 0 bridgehead atoms. The molecule has 1 heterocycles. The Kier molecular flexibility index (Phi) is 4.04. The van der Waals surface area contributed by atoms with Crippen molar-refractivity contribution in [2.45, 2.75) is 12.5 Å². The topological polar surface area (TPSA) is 35.0 Å². The smallest absolute Gasteiger partial charge is 0.191 e. The van der Waals surface area contributed by atoms with Gasteiger partial charge >= 0.3 is 0 Å². The molecule has 1 aromatic carbocycles. The van der Waals surface area contributed by atoms with Crippen LogP contribution in [-0.4, -0.2) is 9.97 Å². The molecule has 0 radical (unpaired) electrons. The molecule has 0 fully saturated rings. The van der Waals surface area contributed by atoms with Crippen molar-refractivity contribution in [2.24, 2.45) is 0 Å². The third-order valence-corrected chi connectivity index (χ3v) is 2.49. The van der Waals surface area contributed by atoms with Crippen molar-refractivity contribution in [1.29, 1.82) is 0 Å². The minimum atomic E-state index is -0.790. The highest BCUT2D eigenvalue weighted by atomic mass is 35.5. The molecule has 94 valence electrons. The molecule has 0 aliphatic heterocycles. The van der Waals surface area contributed by atoms with Gasteiger partial charge in [0.2, 0.25) is 0 Å². The van der Waals surface area contributed by atoms with E-state index < -0.39 is 17.4 Å². The zero-order chi connectivity index (χ0) is 13.0. The summed E-state index contributed by atoms with van der Waals surface area (Å²) >= 11 is 5.50. The molecule has 0 spiro atoms. The molecular weight excluding hydrogens is 262 g/mol. The molecular formula is C12H9ClF2N2O. The van der Waals surface area contributed by atoms with Crippen molar-refractivity contribution < 1.29 is 13.5 Å². The Morgan fingerprint density at radius 3 is 2.28 bits per heavy atom. The maximum absolute atomic E-state index is 13.5. The molecule has 1 aromatic heterocycles. The molecule has 2 aromatic rings. The maximum atomic E-state index is 13.5. The number of halogens is 3. The van der Waals surface area contributed by atoms with Crippen LogP contribution in [0.15, 0.2) is 30.6 Å². The molecule has 6 heteroatoms. The van der Waals surface area contributed by atoms with Gasteiger partial charge in [0.1, 0.15) is 6.61 Å². The monoisotopic (exact) mass is 270 g/mol. The maximum Gasteiger partial charge on any atom is 0.191 e. The largest absolute Gasteiger partial charge is 0.479 e. The Labute approximate surface area is 107 Å². The molecule has 0 unspecified atom stereocenters. The summed E-state index contributed by atoms with van der Waals surface area (Å²) in [5.74, 6) is -1.65. The highest BCUT2D eigenvalue weighted by Gasteiger charge is 2.13. The van der Waals surface area contributed by atoms with E-state index in [1.807, 2.05) is 0 Å². The van der Waals surface area contributed by atoms with Crippen molar-refractivity contribution in [3.63, 3.8) is 0 Å². The SMILES string of the molecule is Fc1cc(CCl)cc(F)c1OCc1ncccn1. The Hall–Kier alpha value is -1.75. The molecule has 0 amide bonds. The first-order valence-corrected chi connectivity index (χ1v) is 5.66. The van der Waals surface area contributed by atoms with Gasteiger partial charge in [0, 0.05) is 18.3 Å². The summed E-state index contributed by atoms with van der Waals surface area (Å²) in [6.07, 6.45) is 3.05. The summed E-state index contributed by atoms with van der Waals surface area (Å²) in [4.78, 5) is 7.77. The Balaban J connectivity index is 2.15. The van der Waals surface area contributed by atoms with Crippen LogP contribution in [0.25, 0.3) is 0 Å². The fraction of sp³-hybridized carbons (Fsp3) is 0.167. The predicted octanol–water partition coefficient (Wildman–Crippen LogP) is 3.07. The first-order chi connectivity index (χ1) is 8.70. The van der Waals surface area contributed by atoms with Crippen molar-refractivity contribution >= 4 is 11.6 Å². The summed E-state index contributed by atoms with van der Waals surface area (Å²) in [5, 5.41) is 0. The number of nitrogens with zero attached hydrogens (tertiary/aromatic N) is 2. The van der Waals surface area contributed by atoms with Crippen molar-refractivity contribution in [3.05, 3.63) is 53.6 Å². The van der Waals surface area contributed by atoms with Gasteiger partial charge in [0.05, 0.1) is 0 Å². The normalized spacial score (nSPS) is 10.4. The molecule has 0 N–H and O–H groups in total. The van der Waals surface area contributed by atoms with Crippen LogP contribution in [0, 0.1) is 11.6 Å². The number of rotatable bonds is 4. The van der Waals surface area contributed by atoms with E-state index in [2.05, 4.69) is 9.97 Å². The number of hydrogen-bond donors (Lipinski definition) is 0. The summed E-state index contributed by atoms with van der Waals surface area (Å²) < 4.78 is 32.1. The second-order valence-electron chi connectivity index (χ2n) is 3.48. The van der Waals surface area contributed by atoms with Crippen molar-refractivity contribution in [2.75, 3.05) is 0 Å². The second-order valence-corrected chi connectivity index (χ2v) is 3.74. The van der Waals surface area contributed by atoms with E-state index in [-0.39, 0.29) is 12.5 Å². The van der Waals surface area contributed by atoms with Gasteiger partial charge in [0.25, 0.3) is 0 Å². The van der Waals surface area contributed by atoms with Crippen LogP contribution in [0.3, 0.4) is 0 Å². The molecule has 18 heavy (non-hydrogen) atoms. The van der Waals surface area contributed by atoms with Gasteiger partial charge in [-0.15, -0.1) is 11.6 Å². The van der Waals surface area contributed by atoms with Crippen LogP contribution in [0.4, 0.5) is 8.78 Å². The fourth-order valence-corrected chi connectivity index (χ4v) is 1.52. The first kappa shape index (κ1) is 12.7. The highest BCUT2D eigenvalue weighted by molar-refractivity contribution is 6.17.